The van der Waals surface area contributed by atoms with Crippen LogP contribution in [0, 0.1) is 17.7 Å². The predicted molar refractivity (Wildman–Crippen MR) is 94.1 cm³/mol. The fourth-order valence-electron chi connectivity index (χ4n) is 3.17. The number of amides is 1. The van der Waals surface area contributed by atoms with Crippen molar-refractivity contribution < 1.29 is 9.18 Å². The van der Waals surface area contributed by atoms with Gasteiger partial charge in [-0.05, 0) is 62.4 Å². The van der Waals surface area contributed by atoms with Crippen LogP contribution in [0.15, 0.2) is 24.3 Å². The number of nitrogens with zero attached hydrogens (tertiary/aromatic N) is 1. The minimum Gasteiger partial charge on any atom is -0.339 e. The molecule has 1 N–H and O–H groups in total. The number of carbonyl (C=O) groups excluding carboxylic acids is 1. The van der Waals surface area contributed by atoms with Crippen molar-refractivity contribution in [3.05, 3.63) is 35.6 Å². The third-order valence-corrected chi connectivity index (χ3v) is 4.63. The Kier molecular flexibility index (Phi) is 8.56. The fraction of sp³-hybridized carbons (Fsp3) is 0.611. The van der Waals surface area contributed by atoms with Crippen molar-refractivity contribution in [3.8, 4) is 0 Å². The minimum absolute atomic E-state index is 0. The third kappa shape index (κ3) is 6.11. The first-order chi connectivity index (χ1) is 10.6. The Balaban J connectivity index is 0.00000264. The third-order valence-electron chi connectivity index (χ3n) is 4.63. The predicted octanol–water partition coefficient (Wildman–Crippen LogP) is 3.62. The molecule has 1 aliphatic rings. The van der Waals surface area contributed by atoms with Crippen LogP contribution in [0.5, 0.6) is 0 Å². The van der Waals surface area contributed by atoms with Crippen molar-refractivity contribution in [3.63, 3.8) is 0 Å². The Morgan fingerprint density at radius 3 is 2.87 bits per heavy atom. The maximum atomic E-state index is 13.3. The highest BCUT2D eigenvalue weighted by molar-refractivity contribution is 5.85. The van der Waals surface area contributed by atoms with Crippen LogP contribution in [-0.2, 0) is 11.3 Å². The fourth-order valence-corrected chi connectivity index (χ4v) is 3.17. The van der Waals surface area contributed by atoms with Gasteiger partial charge in [-0.3, -0.25) is 4.79 Å². The average molecular weight is 343 g/mol. The lowest BCUT2D eigenvalue weighted by molar-refractivity contribution is -0.133. The van der Waals surface area contributed by atoms with Crippen molar-refractivity contribution in [2.24, 2.45) is 11.8 Å². The molecule has 1 fully saturated rings. The zero-order chi connectivity index (χ0) is 15.9. The van der Waals surface area contributed by atoms with Gasteiger partial charge in [0.25, 0.3) is 0 Å². The summed E-state index contributed by atoms with van der Waals surface area (Å²) in [5.41, 5.74) is 0.849. The maximum Gasteiger partial charge on any atom is 0.223 e. The van der Waals surface area contributed by atoms with E-state index in [0.29, 0.717) is 31.3 Å². The highest BCUT2D eigenvalue weighted by atomic mass is 35.5. The van der Waals surface area contributed by atoms with E-state index in [4.69, 9.17) is 0 Å². The highest BCUT2D eigenvalue weighted by Crippen LogP contribution is 2.23. The zero-order valence-corrected chi connectivity index (χ0v) is 14.9. The van der Waals surface area contributed by atoms with E-state index in [-0.39, 0.29) is 24.1 Å². The molecule has 3 nitrogen and oxygen atoms in total. The van der Waals surface area contributed by atoms with Gasteiger partial charge >= 0.3 is 0 Å². The molecule has 0 bridgehead atoms. The number of hydrogen-bond donors (Lipinski definition) is 1. The summed E-state index contributed by atoms with van der Waals surface area (Å²) in [4.78, 5) is 14.3. The molecule has 1 aliphatic heterocycles. The van der Waals surface area contributed by atoms with Crippen LogP contribution in [0.4, 0.5) is 4.39 Å². The van der Waals surface area contributed by atoms with Crippen LogP contribution in [0.2, 0.25) is 0 Å². The van der Waals surface area contributed by atoms with E-state index >= 15 is 0 Å². The minimum atomic E-state index is -0.248. The van der Waals surface area contributed by atoms with E-state index in [0.717, 1.165) is 18.7 Å². The van der Waals surface area contributed by atoms with Gasteiger partial charge in [0.15, 0.2) is 0 Å². The normalized spacial score (nSPS) is 18.8. The van der Waals surface area contributed by atoms with Gasteiger partial charge in [-0.25, -0.2) is 4.39 Å². The number of nitrogens with one attached hydrogen (secondary N) is 1. The van der Waals surface area contributed by atoms with Gasteiger partial charge in [-0.2, -0.15) is 0 Å². The second-order valence-electron chi connectivity index (χ2n) is 6.33. The number of hydrogen-bond acceptors (Lipinski definition) is 2. The molecule has 2 rings (SSSR count). The van der Waals surface area contributed by atoms with Crippen LogP contribution in [0.3, 0.4) is 0 Å². The molecule has 1 heterocycles. The summed E-state index contributed by atoms with van der Waals surface area (Å²) < 4.78 is 13.3. The topological polar surface area (TPSA) is 32.3 Å². The van der Waals surface area contributed by atoms with Gasteiger partial charge in [-0.1, -0.05) is 19.1 Å². The van der Waals surface area contributed by atoms with Gasteiger partial charge in [0, 0.05) is 19.5 Å². The van der Waals surface area contributed by atoms with Crippen LogP contribution in [0.25, 0.3) is 0 Å². The van der Waals surface area contributed by atoms with Crippen LogP contribution in [-0.4, -0.2) is 30.4 Å². The smallest absolute Gasteiger partial charge is 0.223 e. The number of piperidine rings is 1. The number of rotatable bonds is 6. The number of benzene rings is 1. The maximum absolute atomic E-state index is 13.3. The summed E-state index contributed by atoms with van der Waals surface area (Å²) in [7, 11) is 0. The number of halogens is 2. The van der Waals surface area contributed by atoms with Gasteiger partial charge < -0.3 is 10.2 Å². The Labute approximate surface area is 145 Å². The monoisotopic (exact) mass is 342 g/mol. The van der Waals surface area contributed by atoms with Crippen LogP contribution < -0.4 is 5.32 Å². The lowest BCUT2D eigenvalue weighted by Crippen LogP contribution is -2.37. The molecule has 0 aliphatic carbocycles. The largest absolute Gasteiger partial charge is 0.339 e. The lowest BCUT2D eigenvalue weighted by Gasteiger charge is -2.30. The molecule has 5 heteroatoms. The Morgan fingerprint density at radius 1 is 1.48 bits per heavy atom. The summed E-state index contributed by atoms with van der Waals surface area (Å²) in [6.45, 7) is 7.41. The molecule has 130 valence electrons. The van der Waals surface area contributed by atoms with Gasteiger partial charge in [0.2, 0.25) is 5.91 Å². The summed E-state index contributed by atoms with van der Waals surface area (Å²) in [6, 6.07) is 6.50. The van der Waals surface area contributed by atoms with E-state index in [9.17, 15) is 9.18 Å². The first-order valence-electron chi connectivity index (χ1n) is 8.33. The van der Waals surface area contributed by atoms with E-state index in [2.05, 4.69) is 12.2 Å². The zero-order valence-electron chi connectivity index (χ0n) is 14.1. The van der Waals surface area contributed by atoms with E-state index in [1.165, 1.54) is 25.0 Å². The lowest BCUT2D eigenvalue weighted by atomic mass is 9.85. The average Bonchev–Trinajstić information content (AvgIpc) is 2.53. The summed E-state index contributed by atoms with van der Waals surface area (Å²) >= 11 is 0. The summed E-state index contributed by atoms with van der Waals surface area (Å²) in [6.07, 6.45) is 2.98. The van der Waals surface area contributed by atoms with Crippen molar-refractivity contribution in [2.45, 2.75) is 39.7 Å². The van der Waals surface area contributed by atoms with Crippen LogP contribution in [0.1, 0.15) is 38.7 Å². The first-order valence-corrected chi connectivity index (χ1v) is 8.33. The molecule has 2 atom stereocenters. The van der Waals surface area contributed by atoms with Gasteiger partial charge in [-0.15, -0.1) is 12.4 Å². The summed E-state index contributed by atoms with van der Waals surface area (Å²) in [5, 5.41) is 3.41. The van der Waals surface area contributed by atoms with Crippen molar-refractivity contribution in [1.29, 1.82) is 0 Å². The Hall–Kier alpha value is -1.13. The van der Waals surface area contributed by atoms with Crippen molar-refractivity contribution in [1.82, 2.24) is 10.2 Å². The van der Waals surface area contributed by atoms with E-state index < -0.39 is 0 Å². The van der Waals surface area contributed by atoms with Gasteiger partial charge in [0.1, 0.15) is 5.82 Å². The molecule has 0 saturated carbocycles. The van der Waals surface area contributed by atoms with E-state index in [1.54, 1.807) is 6.07 Å². The van der Waals surface area contributed by atoms with Crippen LogP contribution >= 0.6 is 12.4 Å². The Bertz CT molecular complexity index is 492. The quantitative estimate of drug-likeness (QED) is 0.856. The molecule has 23 heavy (non-hydrogen) atoms. The Morgan fingerprint density at radius 2 is 2.26 bits per heavy atom. The molecular formula is C18H28ClFN2O. The summed E-state index contributed by atoms with van der Waals surface area (Å²) in [5.74, 6) is 0.903. The second-order valence-corrected chi connectivity index (χ2v) is 6.33. The highest BCUT2D eigenvalue weighted by Gasteiger charge is 2.24. The van der Waals surface area contributed by atoms with E-state index in [1.807, 2.05) is 17.9 Å². The number of carbonyl (C=O) groups is 1. The molecular weight excluding hydrogens is 315 g/mol. The SMILES string of the molecule is CCN(Cc1cccc(F)c1)C(=O)CC(C)C1CCCNC1.Cl. The molecule has 0 spiro atoms. The molecule has 1 aromatic rings. The molecule has 2 unspecified atom stereocenters. The van der Waals surface area contributed by atoms with Crippen molar-refractivity contribution >= 4 is 18.3 Å². The standard InChI is InChI=1S/C18H27FN2O.ClH/c1-3-21(13-15-6-4-8-17(19)11-15)18(22)10-14(2)16-7-5-9-20-12-16;/h4,6,8,11,14,16,20H,3,5,7,9-10,12-13H2,1-2H3;1H. The molecule has 1 aromatic carbocycles. The molecule has 1 amide bonds. The molecule has 0 aromatic heterocycles. The first kappa shape index (κ1) is 19.9. The van der Waals surface area contributed by atoms with Gasteiger partial charge in [0.05, 0.1) is 0 Å². The molecule has 1 saturated heterocycles. The molecule has 0 radical (unpaired) electrons. The second kappa shape index (κ2) is 9.89. The van der Waals surface area contributed by atoms with Crippen molar-refractivity contribution in [2.75, 3.05) is 19.6 Å².